The Hall–Kier alpha value is -0.460. The van der Waals surface area contributed by atoms with E-state index in [0.29, 0.717) is 19.0 Å². The molecule has 1 atom stereocenters. The van der Waals surface area contributed by atoms with E-state index in [-0.39, 0.29) is 30.7 Å². The summed E-state index contributed by atoms with van der Waals surface area (Å²) in [5.41, 5.74) is 2.56. The molecule has 2 saturated heterocycles. The standard InChI is InChI=1S/C20H31N3OS.2ClH/c24-20(13-19-16-25-11-8-21-19)22-14-17-6-5-7-18(12-17)15-23-9-3-1-2-4-10-23;;/h5-7,12,19,21H,1-4,8-11,13-16H2,(H,22,24);2*1H. The molecule has 3 rings (SSSR count). The Kier molecular flexibility index (Phi) is 12.4. The van der Waals surface area contributed by atoms with E-state index in [1.807, 2.05) is 11.8 Å². The maximum absolute atomic E-state index is 12.2. The van der Waals surface area contributed by atoms with E-state index in [1.54, 1.807) is 0 Å². The van der Waals surface area contributed by atoms with Crippen LogP contribution in [-0.4, -0.2) is 48.0 Å². The van der Waals surface area contributed by atoms with E-state index >= 15 is 0 Å². The lowest BCUT2D eigenvalue weighted by Crippen LogP contribution is -2.41. The summed E-state index contributed by atoms with van der Waals surface area (Å²) in [7, 11) is 0. The van der Waals surface area contributed by atoms with Gasteiger partial charge in [-0.15, -0.1) is 24.8 Å². The first-order chi connectivity index (χ1) is 12.3. The first-order valence-electron chi connectivity index (χ1n) is 9.67. The maximum Gasteiger partial charge on any atom is 0.221 e. The molecule has 2 fully saturated rings. The molecule has 0 radical (unpaired) electrons. The van der Waals surface area contributed by atoms with Gasteiger partial charge in [-0.3, -0.25) is 9.69 Å². The molecule has 0 spiro atoms. The fourth-order valence-electron chi connectivity index (χ4n) is 3.64. The summed E-state index contributed by atoms with van der Waals surface area (Å²) < 4.78 is 0. The summed E-state index contributed by atoms with van der Waals surface area (Å²) in [6, 6.07) is 9.02. The summed E-state index contributed by atoms with van der Waals surface area (Å²) >= 11 is 1.93. The average Bonchev–Trinajstić information content (AvgIpc) is 2.90. The molecule has 7 heteroatoms. The highest BCUT2D eigenvalue weighted by atomic mass is 35.5. The summed E-state index contributed by atoms with van der Waals surface area (Å²) in [5.74, 6) is 2.35. The molecule has 154 valence electrons. The van der Waals surface area contributed by atoms with Crippen molar-refractivity contribution in [3.05, 3.63) is 35.4 Å². The monoisotopic (exact) mass is 433 g/mol. The summed E-state index contributed by atoms with van der Waals surface area (Å²) in [6.45, 7) is 5.11. The molecule has 0 aliphatic carbocycles. The van der Waals surface area contributed by atoms with Gasteiger partial charge >= 0.3 is 0 Å². The molecular weight excluding hydrogens is 401 g/mol. The number of amides is 1. The number of nitrogens with one attached hydrogen (secondary N) is 2. The van der Waals surface area contributed by atoms with Crippen LogP contribution in [0, 0.1) is 0 Å². The molecule has 0 bridgehead atoms. The van der Waals surface area contributed by atoms with Crippen LogP contribution in [0.2, 0.25) is 0 Å². The second-order valence-electron chi connectivity index (χ2n) is 7.22. The SMILES string of the molecule is Cl.Cl.O=C(CC1CSCCN1)NCc1cccc(CN2CCCCCC2)c1. The van der Waals surface area contributed by atoms with Crippen molar-refractivity contribution in [2.24, 2.45) is 0 Å². The van der Waals surface area contributed by atoms with Crippen molar-refractivity contribution >= 4 is 42.5 Å². The van der Waals surface area contributed by atoms with E-state index in [0.717, 1.165) is 24.6 Å². The van der Waals surface area contributed by atoms with Crippen LogP contribution in [-0.2, 0) is 17.9 Å². The number of halogens is 2. The van der Waals surface area contributed by atoms with Crippen LogP contribution in [0.15, 0.2) is 24.3 Å². The molecule has 0 aromatic heterocycles. The minimum Gasteiger partial charge on any atom is -0.352 e. The van der Waals surface area contributed by atoms with Gasteiger partial charge in [0.05, 0.1) is 0 Å². The highest BCUT2D eigenvalue weighted by Gasteiger charge is 2.16. The minimum absolute atomic E-state index is 0. The molecule has 27 heavy (non-hydrogen) atoms. The van der Waals surface area contributed by atoms with Crippen molar-refractivity contribution < 1.29 is 4.79 Å². The van der Waals surface area contributed by atoms with Gasteiger partial charge in [-0.25, -0.2) is 0 Å². The van der Waals surface area contributed by atoms with Crippen molar-refractivity contribution in [3.8, 4) is 0 Å². The Morgan fingerprint density at radius 3 is 2.59 bits per heavy atom. The largest absolute Gasteiger partial charge is 0.352 e. The van der Waals surface area contributed by atoms with Crippen LogP contribution in [0.1, 0.15) is 43.2 Å². The van der Waals surface area contributed by atoms with Gasteiger partial charge in [0.2, 0.25) is 5.91 Å². The lowest BCUT2D eigenvalue weighted by Gasteiger charge is -2.22. The predicted molar refractivity (Wildman–Crippen MR) is 120 cm³/mol. The zero-order valence-corrected chi connectivity index (χ0v) is 18.4. The Balaban J connectivity index is 0.00000182. The van der Waals surface area contributed by atoms with Crippen LogP contribution in [0.3, 0.4) is 0 Å². The van der Waals surface area contributed by atoms with E-state index in [4.69, 9.17) is 0 Å². The van der Waals surface area contributed by atoms with E-state index < -0.39 is 0 Å². The molecule has 4 nitrogen and oxygen atoms in total. The number of thioether (sulfide) groups is 1. The third-order valence-electron chi connectivity index (χ3n) is 5.02. The average molecular weight is 434 g/mol. The third kappa shape index (κ3) is 9.05. The third-order valence-corrected chi connectivity index (χ3v) is 6.15. The van der Waals surface area contributed by atoms with Gasteiger partial charge < -0.3 is 10.6 Å². The number of benzene rings is 1. The molecular formula is C20H33Cl2N3OS. The van der Waals surface area contributed by atoms with Gasteiger partial charge in [0.15, 0.2) is 0 Å². The highest BCUT2D eigenvalue weighted by molar-refractivity contribution is 7.99. The lowest BCUT2D eigenvalue weighted by atomic mass is 10.1. The Morgan fingerprint density at radius 1 is 1.15 bits per heavy atom. The van der Waals surface area contributed by atoms with Crippen molar-refractivity contribution in [3.63, 3.8) is 0 Å². The molecule has 2 aliphatic rings. The van der Waals surface area contributed by atoms with Crippen molar-refractivity contribution in [1.82, 2.24) is 15.5 Å². The van der Waals surface area contributed by atoms with Crippen molar-refractivity contribution in [1.29, 1.82) is 0 Å². The predicted octanol–water partition coefficient (Wildman–Crippen LogP) is 3.62. The van der Waals surface area contributed by atoms with Crippen LogP contribution in [0.25, 0.3) is 0 Å². The number of hydrogen-bond donors (Lipinski definition) is 2. The molecule has 0 saturated carbocycles. The summed E-state index contributed by atoms with van der Waals surface area (Å²) in [4.78, 5) is 14.7. The van der Waals surface area contributed by atoms with Gasteiger partial charge in [0.25, 0.3) is 0 Å². The number of nitrogens with zero attached hydrogens (tertiary/aromatic N) is 1. The minimum atomic E-state index is 0. The molecule has 1 amide bonds. The number of carbonyl (C=O) groups excluding carboxylic acids is 1. The number of carbonyl (C=O) groups is 1. The molecule has 1 aromatic rings. The van der Waals surface area contributed by atoms with Gasteiger partial charge in [-0.2, -0.15) is 11.8 Å². The Labute approximate surface area is 180 Å². The second kappa shape index (κ2) is 13.7. The van der Waals surface area contributed by atoms with Crippen LogP contribution in [0.4, 0.5) is 0 Å². The Bertz CT molecular complexity index is 548. The maximum atomic E-state index is 12.2. The summed E-state index contributed by atoms with van der Waals surface area (Å²) in [6.07, 6.45) is 5.97. The van der Waals surface area contributed by atoms with Crippen LogP contribution in [0.5, 0.6) is 0 Å². The Morgan fingerprint density at radius 2 is 1.89 bits per heavy atom. The van der Waals surface area contributed by atoms with Crippen molar-refractivity contribution in [2.45, 2.75) is 51.2 Å². The second-order valence-corrected chi connectivity index (χ2v) is 8.37. The van der Waals surface area contributed by atoms with Crippen LogP contribution >= 0.6 is 36.6 Å². The van der Waals surface area contributed by atoms with Crippen LogP contribution < -0.4 is 10.6 Å². The first kappa shape index (κ1) is 24.6. The number of likely N-dealkylation sites (tertiary alicyclic amines) is 1. The van der Waals surface area contributed by atoms with Gasteiger partial charge in [0, 0.05) is 43.6 Å². The van der Waals surface area contributed by atoms with Gasteiger partial charge in [-0.1, -0.05) is 37.1 Å². The topological polar surface area (TPSA) is 44.4 Å². The van der Waals surface area contributed by atoms with Gasteiger partial charge in [-0.05, 0) is 37.1 Å². The highest BCUT2D eigenvalue weighted by Crippen LogP contribution is 2.14. The quantitative estimate of drug-likeness (QED) is 0.718. The lowest BCUT2D eigenvalue weighted by molar-refractivity contribution is -0.121. The fourth-order valence-corrected chi connectivity index (χ4v) is 4.59. The van der Waals surface area contributed by atoms with Crippen molar-refractivity contribution in [2.75, 3.05) is 31.1 Å². The van der Waals surface area contributed by atoms with E-state index in [1.165, 1.54) is 49.9 Å². The normalized spacial score (nSPS) is 20.7. The molecule has 2 aliphatic heterocycles. The summed E-state index contributed by atoms with van der Waals surface area (Å²) in [5, 5.41) is 6.51. The van der Waals surface area contributed by atoms with Gasteiger partial charge in [0.1, 0.15) is 0 Å². The zero-order chi connectivity index (χ0) is 17.3. The number of rotatable bonds is 6. The molecule has 1 aromatic carbocycles. The molecule has 1 unspecified atom stereocenters. The fraction of sp³-hybridized carbons (Fsp3) is 0.650. The smallest absolute Gasteiger partial charge is 0.221 e. The molecule has 2 N–H and O–H groups in total. The molecule has 2 heterocycles. The number of hydrogen-bond acceptors (Lipinski definition) is 4. The van der Waals surface area contributed by atoms with E-state index in [9.17, 15) is 4.79 Å². The van der Waals surface area contributed by atoms with E-state index in [2.05, 4.69) is 39.8 Å². The zero-order valence-electron chi connectivity index (χ0n) is 16.0. The first-order valence-corrected chi connectivity index (χ1v) is 10.8.